The van der Waals surface area contributed by atoms with Gasteiger partial charge in [-0.3, -0.25) is 13.9 Å². The zero-order valence-corrected chi connectivity index (χ0v) is 20.7. The van der Waals surface area contributed by atoms with Crippen molar-refractivity contribution >= 4 is 39.1 Å². The van der Waals surface area contributed by atoms with E-state index in [4.69, 9.17) is 11.6 Å². The van der Waals surface area contributed by atoms with Crippen molar-refractivity contribution in [2.24, 2.45) is 0 Å². The molecule has 0 heterocycles. The molecule has 1 N–H and O–H groups in total. The smallest absolute Gasteiger partial charge is 0.244 e. The molecule has 0 aliphatic rings. The fraction of sp³-hybridized carbons (Fsp3) is 0.391. The number of para-hydroxylation sites is 1. The summed E-state index contributed by atoms with van der Waals surface area (Å²) in [4.78, 5) is 27.6. The van der Waals surface area contributed by atoms with E-state index in [0.717, 1.165) is 12.3 Å². The summed E-state index contributed by atoms with van der Waals surface area (Å²) in [5, 5.41) is 3.32. The van der Waals surface area contributed by atoms with Crippen molar-refractivity contribution in [1.82, 2.24) is 10.2 Å². The van der Waals surface area contributed by atoms with Gasteiger partial charge in [0.1, 0.15) is 18.4 Å². The van der Waals surface area contributed by atoms with Gasteiger partial charge in [-0.1, -0.05) is 42.8 Å². The Balaban J connectivity index is 2.44. The van der Waals surface area contributed by atoms with Gasteiger partial charge in [0.05, 0.1) is 11.9 Å². The first-order chi connectivity index (χ1) is 15.4. The van der Waals surface area contributed by atoms with Gasteiger partial charge in [-0.25, -0.2) is 12.8 Å². The zero-order chi connectivity index (χ0) is 24.8. The number of nitrogens with one attached hydrogen (secondary N) is 1. The van der Waals surface area contributed by atoms with Crippen LogP contribution >= 0.6 is 11.6 Å². The minimum absolute atomic E-state index is 0.0505. The number of hydrogen-bond donors (Lipinski definition) is 1. The fourth-order valence-corrected chi connectivity index (χ4v) is 4.31. The second-order valence-corrected chi connectivity index (χ2v) is 10.3. The summed E-state index contributed by atoms with van der Waals surface area (Å²) in [5.41, 5.74) is 0.472. The van der Waals surface area contributed by atoms with E-state index in [9.17, 15) is 22.4 Å². The van der Waals surface area contributed by atoms with Gasteiger partial charge in [0.25, 0.3) is 0 Å². The Labute approximate surface area is 199 Å². The second-order valence-electron chi connectivity index (χ2n) is 7.96. The second kappa shape index (κ2) is 11.5. The number of halogens is 2. The van der Waals surface area contributed by atoms with E-state index in [1.54, 1.807) is 45.0 Å². The number of nitrogens with zero attached hydrogens (tertiary/aromatic N) is 2. The maximum absolute atomic E-state index is 14.4. The van der Waals surface area contributed by atoms with Crippen molar-refractivity contribution in [3.63, 3.8) is 0 Å². The summed E-state index contributed by atoms with van der Waals surface area (Å²) in [6.45, 7) is 4.77. The lowest BCUT2D eigenvalue weighted by Gasteiger charge is -2.33. The van der Waals surface area contributed by atoms with E-state index in [-0.39, 0.29) is 24.2 Å². The number of carbonyl (C=O) groups excluding carboxylic acids is 2. The maximum atomic E-state index is 14.4. The van der Waals surface area contributed by atoms with E-state index < -0.39 is 34.3 Å². The molecule has 0 bridgehead atoms. The highest BCUT2D eigenvalue weighted by Gasteiger charge is 2.32. The molecular formula is C23H29ClFN3O4S. The number of hydrogen-bond acceptors (Lipinski definition) is 4. The average molecular weight is 498 g/mol. The molecule has 2 amide bonds. The monoisotopic (exact) mass is 497 g/mol. The van der Waals surface area contributed by atoms with Crippen LogP contribution in [0.3, 0.4) is 0 Å². The van der Waals surface area contributed by atoms with Gasteiger partial charge in [0, 0.05) is 17.6 Å². The van der Waals surface area contributed by atoms with Crippen molar-refractivity contribution in [2.75, 3.05) is 17.1 Å². The molecule has 180 valence electrons. The molecule has 0 aliphatic heterocycles. The molecule has 0 aromatic heterocycles. The third-order valence-electron chi connectivity index (χ3n) is 4.88. The Morgan fingerprint density at radius 1 is 1.09 bits per heavy atom. The highest BCUT2D eigenvalue weighted by molar-refractivity contribution is 7.92. The number of benzene rings is 2. The molecular weight excluding hydrogens is 469 g/mol. The van der Waals surface area contributed by atoms with Crippen molar-refractivity contribution < 1.29 is 22.4 Å². The Morgan fingerprint density at radius 3 is 2.21 bits per heavy atom. The standard InChI is InChI=1S/C23H29ClFN3O4S/c1-5-20(23(30)26-16(2)3)27(14-17-10-12-18(24)13-11-17)22(29)15-28(33(4,31)32)21-9-7-6-8-19(21)25/h6-13,16,20H,5,14-15H2,1-4H3,(H,26,30)/t20-/m1/s1. The van der Waals surface area contributed by atoms with Gasteiger partial charge in [-0.05, 0) is 50.1 Å². The van der Waals surface area contributed by atoms with Gasteiger partial charge < -0.3 is 10.2 Å². The average Bonchev–Trinajstić information content (AvgIpc) is 2.72. The quantitative estimate of drug-likeness (QED) is 0.543. The topological polar surface area (TPSA) is 86.8 Å². The molecule has 2 rings (SSSR count). The first kappa shape index (κ1) is 26.6. The van der Waals surface area contributed by atoms with Crippen LogP contribution in [0.1, 0.15) is 32.8 Å². The minimum Gasteiger partial charge on any atom is -0.352 e. The van der Waals surface area contributed by atoms with Gasteiger partial charge in [0.15, 0.2) is 0 Å². The van der Waals surface area contributed by atoms with E-state index in [0.29, 0.717) is 21.3 Å². The minimum atomic E-state index is -3.99. The van der Waals surface area contributed by atoms with Crippen LogP contribution in [-0.2, 0) is 26.2 Å². The van der Waals surface area contributed by atoms with E-state index in [1.807, 2.05) is 0 Å². The number of carbonyl (C=O) groups is 2. The van der Waals surface area contributed by atoms with Gasteiger partial charge >= 0.3 is 0 Å². The van der Waals surface area contributed by atoms with Crippen LogP contribution in [-0.4, -0.2) is 50.0 Å². The highest BCUT2D eigenvalue weighted by atomic mass is 35.5. The molecule has 10 heteroatoms. The maximum Gasteiger partial charge on any atom is 0.244 e. The van der Waals surface area contributed by atoms with Crippen LogP contribution in [0.4, 0.5) is 10.1 Å². The zero-order valence-electron chi connectivity index (χ0n) is 19.1. The number of sulfonamides is 1. The van der Waals surface area contributed by atoms with Crippen molar-refractivity contribution in [1.29, 1.82) is 0 Å². The van der Waals surface area contributed by atoms with Crippen molar-refractivity contribution in [2.45, 2.75) is 45.8 Å². The lowest BCUT2D eigenvalue weighted by molar-refractivity contribution is -0.140. The Kier molecular flexibility index (Phi) is 9.25. The van der Waals surface area contributed by atoms with Gasteiger partial charge in [0.2, 0.25) is 21.8 Å². The molecule has 2 aromatic rings. The predicted octanol–water partition coefficient (Wildman–Crippen LogP) is 3.58. The molecule has 0 saturated carbocycles. The van der Waals surface area contributed by atoms with E-state index >= 15 is 0 Å². The SMILES string of the molecule is CC[C@H](C(=O)NC(C)C)N(Cc1ccc(Cl)cc1)C(=O)CN(c1ccccc1F)S(C)(=O)=O. The first-order valence-corrected chi connectivity index (χ1v) is 12.7. The number of anilines is 1. The van der Waals surface area contributed by atoms with Crippen molar-refractivity contribution in [3.8, 4) is 0 Å². The van der Waals surface area contributed by atoms with E-state index in [2.05, 4.69) is 5.32 Å². The molecule has 7 nitrogen and oxygen atoms in total. The van der Waals surface area contributed by atoms with E-state index in [1.165, 1.54) is 23.1 Å². The largest absolute Gasteiger partial charge is 0.352 e. The molecule has 33 heavy (non-hydrogen) atoms. The summed E-state index contributed by atoms with van der Waals surface area (Å²) in [5.74, 6) is -1.76. The van der Waals surface area contributed by atoms with Gasteiger partial charge in [-0.15, -0.1) is 0 Å². The summed E-state index contributed by atoms with van der Waals surface area (Å²) in [6.07, 6.45) is 1.20. The van der Waals surface area contributed by atoms with Gasteiger partial charge in [-0.2, -0.15) is 0 Å². The molecule has 0 unspecified atom stereocenters. The lowest BCUT2D eigenvalue weighted by Crippen LogP contribution is -2.53. The third kappa shape index (κ3) is 7.43. The molecule has 2 aromatic carbocycles. The lowest BCUT2D eigenvalue weighted by atomic mass is 10.1. The summed E-state index contributed by atoms with van der Waals surface area (Å²) < 4.78 is 40.0. The third-order valence-corrected chi connectivity index (χ3v) is 6.26. The predicted molar refractivity (Wildman–Crippen MR) is 128 cm³/mol. The van der Waals surface area contributed by atoms with Crippen molar-refractivity contribution in [3.05, 3.63) is 64.9 Å². The molecule has 0 spiro atoms. The van der Waals surface area contributed by atoms with Crippen LogP contribution in [0.5, 0.6) is 0 Å². The molecule has 1 atom stereocenters. The highest BCUT2D eigenvalue weighted by Crippen LogP contribution is 2.23. The van der Waals surface area contributed by atoms with Crippen LogP contribution in [0.2, 0.25) is 5.02 Å². The van der Waals surface area contributed by atoms with Crippen LogP contribution in [0, 0.1) is 5.82 Å². The van der Waals surface area contributed by atoms with Crippen LogP contribution < -0.4 is 9.62 Å². The molecule has 0 radical (unpaired) electrons. The molecule has 0 saturated heterocycles. The summed E-state index contributed by atoms with van der Waals surface area (Å²) >= 11 is 5.96. The number of rotatable bonds is 10. The molecule has 0 fully saturated rings. The Bertz CT molecular complexity index is 1080. The first-order valence-electron chi connectivity index (χ1n) is 10.5. The fourth-order valence-electron chi connectivity index (χ4n) is 3.34. The Morgan fingerprint density at radius 2 is 1.70 bits per heavy atom. The molecule has 0 aliphatic carbocycles. The summed E-state index contributed by atoms with van der Waals surface area (Å²) in [6, 6.07) is 11.1. The van der Waals surface area contributed by atoms with Crippen LogP contribution in [0.25, 0.3) is 0 Å². The number of amides is 2. The Hall–Kier alpha value is -2.65. The summed E-state index contributed by atoms with van der Waals surface area (Å²) in [7, 11) is -3.99. The normalized spacial score (nSPS) is 12.3. The van der Waals surface area contributed by atoms with Crippen LogP contribution in [0.15, 0.2) is 48.5 Å².